The van der Waals surface area contributed by atoms with E-state index in [-0.39, 0.29) is 19.0 Å². The number of anilines is 1. The molecule has 0 atom stereocenters. The van der Waals surface area contributed by atoms with Crippen molar-refractivity contribution < 1.29 is 18.0 Å². The van der Waals surface area contributed by atoms with Crippen molar-refractivity contribution in [3.63, 3.8) is 0 Å². The number of benzene rings is 1. The smallest absolute Gasteiger partial charge is 0.319 e. The van der Waals surface area contributed by atoms with Crippen molar-refractivity contribution in [2.24, 2.45) is 0 Å². The molecule has 3 N–H and O–H groups in total. The molecule has 25 heavy (non-hydrogen) atoms. The summed E-state index contributed by atoms with van der Waals surface area (Å²) >= 11 is 0. The largest absolute Gasteiger partial charge is 0.342 e. The molecule has 1 aliphatic heterocycles. The van der Waals surface area contributed by atoms with E-state index in [2.05, 4.69) is 15.4 Å². The number of hydrogen-bond acceptors (Lipinski definition) is 4. The Labute approximate surface area is 148 Å². The lowest BCUT2D eigenvalue weighted by molar-refractivity contribution is -0.129. The normalized spacial score (nSPS) is 14.4. The van der Waals surface area contributed by atoms with Crippen molar-refractivity contribution in [3.8, 4) is 0 Å². The fourth-order valence-corrected chi connectivity index (χ4v) is 3.02. The maximum atomic E-state index is 12.1. The molecule has 138 valence electrons. The highest BCUT2D eigenvalue weighted by molar-refractivity contribution is 7.88. The van der Waals surface area contributed by atoms with E-state index in [0.717, 1.165) is 37.8 Å². The molecule has 0 unspecified atom stereocenters. The van der Waals surface area contributed by atoms with Crippen LogP contribution < -0.4 is 15.4 Å². The highest BCUT2D eigenvalue weighted by Gasteiger charge is 2.17. The number of likely N-dealkylation sites (tertiary alicyclic amines) is 1. The first kappa shape index (κ1) is 19.2. The van der Waals surface area contributed by atoms with Gasteiger partial charge in [0.25, 0.3) is 0 Å². The molecule has 0 radical (unpaired) electrons. The molecule has 0 aromatic heterocycles. The molecule has 1 aromatic carbocycles. The molecule has 1 heterocycles. The number of nitrogens with zero attached hydrogens (tertiary/aromatic N) is 1. The Bertz CT molecular complexity index is 697. The van der Waals surface area contributed by atoms with Crippen LogP contribution in [0.5, 0.6) is 0 Å². The summed E-state index contributed by atoms with van der Waals surface area (Å²) < 4.78 is 24.1. The first-order valence-electron chi connectivity index (χ1n) is 8.20. The molecule has 1 aromatic rings. The van der Waals surface area contributed by atoms with Crippen molar-refractivity contribution in [1.82, 2.24) is 14.9 Å². The summed E-state index contributed by atoms with van der Waals surface area (Å²) in [5, 5.41) is 5.20. The van der Waals surface area contributed by atoms with E-state index in [9.17, 15) is 18.0 Å². The van der Waals surface area contributed by atoms with Crippen molar-refractivity contribution in [2.75, 3.05) is 37.8 Å². The topological polar surface area (TPSA) is 108 Å². The molecule has 8 nitrogen and oxygen atoms in total. The summed E-state index contributed by atoms with van der Waals surface area (Å²) in [6.07, 6.45) is 3.57. The predicted octanol–water partition coefficient (Wildman–Crippen LogP) is 0.522. The minimum absolute atomic E-state index is 0.129. The van der Waals surface area contributed by atoms with E-state index in [4.69, 9.17) is 0 Å². The van der Waals surface area contributed by atoms with E-state index in [1.165, 1.54) is 0 Å². The van der Waals surface area contributed by atoms with Crippen molar-refractivity contribution in [3.05, 3.63) is 29.8 Å². The second-order valence-corrected chi connectivity index (χ2v) is 7.84. The fraction of sp³-hybridized carbons (Fsp3) is 0.500. The van der Waals surface area contributed by atoms with Crippen LogP contribution in [-0.4, -0.2) is 57.7 Å². The molecule has 1 aliphatic rings. The van der Waals surface area contributed by atoms with Gasteiger partial charge in [0, 0.05) is 31.9 Å². The summed E-state index contributed by atoms with van der Waals surface area (Å²) in [6.45, 7) is 1.99. The van der Waals surface area contributed by atoms with Crippen LogP contribution in [0.25, 0.3) is 0 Å². The third kappa shape index (κ3) is 7.10. The Kier molecular flexibility index (Phi) is 6.77. The number of rotatable bonds is 7. The summed E-state index contributed by atoms with van der Waals surface area (Å²) in [6, 6.07) is 6.68. The van der Waals surface area contributed by atoms with Gasteiger partial charge in [-0.1, -0.05) is 12.1 Å². The zero-order chi connectivity index (χ0) is 18.3. The first-order valence-corrected chi connectivity index (χ1v) is 10.1. The number of carbonyl (C=O) groups is 2. The molecule has 1 fully saturated rings. The van der Waals surface area contributed by atoms with Gasteiger partial charge in [-0.3, -0.25) is 4.79 Å². The average molecular weight is 368 g/mol. The zero-order valence-electron chi connectivity index (χ0n) is 14.2. The molecule has 1 saturated heterocycles. The van der Waals surface area contributed by atoms with Crippen LogP contribution in [0.15, 0.2) is 24.3 Å². The van der Waals surface area contributed by atoms with Gasteiger partial charge in [-0.05, 0) is 30.5 Å². The summed E-state index contributed by atoms with van der Waals surface area (Å²) in [4.78, 5) is 25.7. The number of hydrogen-bond donors (Lipinski definition) is 3. The van der Waals surface area contributed by atoms with Gasteiger partial charge >= 0.3 is 6.03 Å². The van der Waals surface area contributed by atoms with Crippen LogP contribution in [0.2, 0.25) is 0 Å². The van der Waals surface area contributed by atoms with Crippen LogP contribution in [-0.2, 0) is 21.2 Å². The molecular weight excluding hydrogens is 344 g/mol. The van der Waals surface area contributed by atoms with Crippen molar-refractivity contribution >= 4 is 27.6 Å². The van der Waals surface area contributed by atoms with Gasteiger partial charge in [0.05, 0.1) is 12.7 Å². The van der Waals surface area contributed by atoms with Crippen molar-refractivity contribution in [2.45, 2.75) is 19.3 Å². The van der Waals surface area contributed by atoms with Crippen LogP contribution in [0.1, 0.15) is 18.4 Å². The monoisotopic (exact) mass is 368 g/mol. The zero-order valence-corrected chi connectivity index (χ0v) is 15.1. The van der Waals surface area contributed by atoms with Gasteiger partial charge in [0.15, 0.2) is 0 Å². The average Bonchev–Trinajstić information content (AvgIpc) is 3.07. The van der Waals surface area contributed by atoms with Gasteiger partial charge in [0.1, 0.15) is 0 Å². The minimum atomic E-state index is -3.25. The van der Waals surface area contributed by atoms with Crippen LogP contribution >= 0.6 is 0 Å². The number of sulfonamides is 1. The molecule has 0 bridgehead atoms. The lowest BCUT2D eigenvalue weighted by Crippen LogP contribution is -2.36. The molecule has 3 amide bonds. The quantitative estimate of drug-likeness (QED) is 0.610. The maximum absolute atomic E-state index is 12.1. The number of nitrogens with one attached hydrogen (secondary N) is 3. The van der Waals surface area contributed by atoms with Gasteiger partial charge in [-0.25, -0.2) is 17.9 Å². The van der Waals surface area contributed by atoms with E-state index in [1.54, 1.807) is 12.1 Å². The standard InChI is InChI=1S/C16H24N4O4S/c1-25(23,24)18-9-8-17-16(22)19-14-6-4-13(5-7-14)12-15(21)20-10-2-3-11-20/h4-7,18H,2-3,8-12H2,1H3,(H2,17,19,22). The summed E-state index contributed by atoms with van der Waals surface area (Å²) in [5.41, 5.74) is 1.51. The molecule has 0 spiro atoms. The number of urea groups is 1. The number of amides is 3. The third-order valence-electron chi connectivity index (χ3n) is 3.80. The lowest BCUT2D eigenvalue weighted by atomic mass is 10.1. The van der Waals surface area contributed by atoms with E-state index < -0.39 is 16.1 Å². The highest BCUT2D eigenvalue weighted by atomic mass is 32.2. The first-order chi connectivity index (χ1) is 11.8. The van der Waals surface area contributed by atoms with E-state index >= 15 is 0 Å². The Hall–Kier alpha value is -2.13. The van der Waals surface area contributed by atoms with Gasteiger partial charge in [-0.15, -0.1) is 0 Å². The second kappa shape index (κ2) is 8.82. The van der Waals surface area contributed by atoms with Gasteiger partial charge < -0.3 is 15.5 Å². The van der Waals surface area contributed by atoms with Gasteiger partial charge in [-0.2, -0.15) is 0 Å². The van der Waals surface area contributed by atoms with Crippen LogP contribution in [0.3, 0.4) is 0 Å². The lowest BCUT2D eigenvalue weighted by Gasteiger charge is -2.15. The molecule has 9 heteroatoms. The Morgan fingerprint density at radius 1 is 1.08 bits per heavy atom. The van der Waals surface area contributed by atoms with Crippen LogP contribution in [0.4, 0.5) is 10.5 Å². The molecule has 0 aliphatic carbocycles. The minimum Gasteiger partial charge on any atom is -0.342 e. The summed E-state index contributed by atoms with van der Waals surface area (Å²) in [5.74, 6) is 0.134. The maximum Gasteiger partial charge on any atom is 0.319 e. The van der Waals surface area contributed by atoms with E-state index in [1.807, 2.05) is 17.0 Å². The third-order valence-corrected chi connectivity index (χ3v) is 4.53. The molecule has 2 rings (SSSR count). The Balaban J connectivity index is 1.73. The fourth-order valence-electron chi connectivity index (χ4n) is 2.55. The molecule has 0 saturated carbocycles. The predicted molar refractivity (Wildman–Crippen MR) is 95.8 cm³/mol. The SMILES string of the molecule is CS(=O)(=O)NCCNC(=O)Nc1ccc(CC(=O)N2CCCC2)cc1. The second-order valence-electron chi connectivity index (χ2n) is 6.01. The molecular formula is C16H24N4O4S. The number of carbonyl (C=O) groups excluding carboxylic acids is 2. The van der Waals surface area contributed by atoms with Crippen molar-refractivity contribution in [1.29, 1.82) is 0 Å². The van der Waals surface area contributed by atoms with Crippen LogP contribution in [0, 0.1) is 0 Å². The summed E-state index contributed by atoms with van der Waals surface area (Å²) in [7, 11) is -3.25. The van der Waals surface area contributed by atoms with Gasteiger partial charge in [0.2, 0.25) is 15.9 Å². The Morgan fingerprint density at radius 2 is 1.72 bits per heavy atom. The highest BCUT2D eigenvalue weighted by Crippen LogP contribution is 2.13. The van der Waals surface area contributed by atoms with E-state index in [0.29, 0.717) is 12.1 Å². The Morgan fingerprint density at radius 3 is 2.32 bits per heavy atom.